The summed E-state index contributed by atoms with van der Waals surface area (Å²) in [5.41, 5.74) is 5.98. The number of halogens is 3. The molecule has 2 bridgehead atoms. The monoisotopic (exact) mass is 733 g/mol. The summed E-state index contributed by atoms with van der Waals surface area (Å²) in [6.07, 6.45) is -0.969. The van der Waals surface area contributed by atoms with Crippen molar-refractivity contribution in [1.29, 1.82) is 0 Å². The molecule has 4 aliphatic rings. The molecule has 3 aliphatic heterocycles. The van der Waals surface area contributed by atoms with Gasteiger partial charge >= 0.3 is 12.1 Å². The van der Waals surface area contributed by atoms with Gasteiger partial charge in [-0.05, 0) is 70.8 Å². The maximum absolute atomic E-state index is 13.1. The molecule has 3 heterocycles. The summed E-state index contributed by atoms with van der Waals surface area (Å²) in [5, 5.41) is 12.4. The Hall–Kier alpha value is -3.77. The minimum Gasteiger partial charge on any atom is -0.392 e. The van der Waals surface area contributed by atoms with Crippen molar-refractivity contribution in [2.45, 2.75) is 109 Å². The fourth-order valence-electron chi connectivity index (χ4n) is 9.61. The molecule has 8 nitrogen and oxygen atoms in total. The van der Waals surface area contributed by atoms with E-state index in [0.717, 1.165) is 52.9 Å². The molecule has 3 aromatic rings. The topological polar surface area (TPSA) is 91.3 Å². The van der Waals surface area contributed by atoms with E-state index in [9.17, 15) is 27.9 Å². The number of hydrogen-bond acceptors (Lipinski definition) is 6. The van der Waals surface area contributed by atoms with Gasteiger partial charge in [-0.1, -0.05) is 93.6 Å². The van der Waals surface area contributed by atoms with Crippen molar-refractivity contribution in [1.82, 2.24) is 15.1 Å². The number of carbonyl (C=O) groups excluding carboxylic acids is 2. The summed E-state index contributed by atoms with van der Waals surface area (Å²) in [4.78, 5) is 28.2. The average Bonchev–Trinajstić information content (AvgIpc) is 3.71. The molecule has 53 heavy (non-hydrogen) atoms. The summed E-state index contributed by atoms with van der Waals surface area (Å²) in [7, 11) is 0. The standard InChI is InChI=1S/C42H50F3N3O5/c1-40(2)20-32-21-41(3,25-40)26-47(32)23-33-19-36(29-12-10-27(24-49)11-13-29)53-38(52-33)30-16-14-28(15-17-30)34-8-5-4-7-31(34)22-46-37(50)35-9-6-18-48(35)39(51)42(43,44)45/h4-5,7-8,10-17,32-33,35-36,38,49H,6,9,18-26H2,1-3H3,(H,46,50). The molecule has 3 aromatic carbocycles. The number of hydrogen-bond donors (Lipinski definition) is 2. The minimum atomic E-state index is -5.02. The Morgan fingerprint density at radius 2 is 1.66 bits per heavy atom. The number of amides is 2. The Balaban J connectivity index is 1.06. The van der Waals surface area contributed by atoms with Crippen LogP contribution in [0.1, 0.15) is 93.9 Å². The Morgan fingerprint density at radius 1 is 0.943 bits per heavy atom. The first-order valence-electron chi connectivity index (χ1n) is 18.8. The molecular weight excluding hydrogens is 683 g/mol. The van der Waals surface area contributed by atoms with Crippen molar-refractivity contribution < 1.29 is 37.3 Å². The average molecular weight is 734 g/mol. The van der Waals surface area contributed by atoms with E-state index >= 15 is 0 Å². The maximum atomic E-state index is 13.1. The predicted molar refractivity (Wildman–Crippen MR) is 194 cm³/mol. The van der Waals surface area contributed by atoms with Crippen LogP contribution in [0.5, 0.6) is 0 Å². The smallest absolute Gasteiger partial charge is 0.392 e. The van der Waals surface area contributed by atoms with Crippen molar-refractivity contribution in [3.8, 4) is 11.1 Å². The predicted octanol–water partition coefficient (Wildman–Crippen LogP) is 7.46. The van der Waals surface area contributed by atoms with Crippen molar-refractivity contribution >= 4 is 11.8 Å². The van der Waals surface area contributed by atoms with Gasteiger partial charge in [-0.3, -0.25) is 14.5 Å². The van der Waals surface area contributed by atoms with Crippen molar-refractivity contribution in [3.05, 3.63) is 95.1 Å². The Kier molecular flexibility index (Phi) is 10.5. The van der Waals surface area contributed by atoms with Crippen molar-refractivity contribution in [2.24, 2.45) is 10.8 Å². The van der Waals surface area contributed by atoms with Crippen LogP contribution in [0, 0.1) is 10.8 Å². The van der Waals surface area contributed by atoms with Crippen LogP contribution in [0.4, 0.5) is 13.2 Å². The molecule has 284 valence electrons. The lowest BCUT2D eigenvalue weighted by atomic mass is 9.65. The number of rotatable bonds is 9. The SMILES string of the molecule is CC1(C)CC2CC(C)(CN2CC2CC(c3ccc(CO)cc3)OC(c3ccc(-c4ccccc4CNC(=O)C4CCCN4C(=O)C(F)(F)F)cc3)O2)C1. The Morgan fingerprint density at radius 3 is 2.38 bits per heavy atom. The summed E-state index contributed by atoms with van der Waals surface area (Å²) in [6, 6.07) is 22.8. The van der Waals surface area contributed by atoms with Gasteiger partial charge < -0.3 is 24.8 Å². The quantitative estimate of drug-likeness (QED) is 0.237. The zero-order chi connectivity index (χ0) is 37.5. The molecule has 3 saturated heterocycles. The van der Waals surface area contributed by atoms with E-state index in [2.05, 4.69) is 31.0 Å². The van der Waals surface area contributed by atoms with Gasteiger partial charge in [-0.15, -0.1) is 0 Å². The molecule has 6 atom stereocenters. The van der Waals surface area contributed by atoms with Crippen LogP contribution in [0.3, 0.4) is 0 Å². The Bertz CT molecular complexity index is 1780. The van der Waals surface area contributed by atoms with Crippen LogP contribution >= 0.6 is 0 Å². The van der Waals surface area contributed by atoms with E-state index in [1.165, 1.54) is 19.3 Å². The molecule has 2 amide bonds. The fraction of sp³-hybridized carbons (Fsp3) is 0.524. The number of nitrogens with zero attached hydrogens (tertiary/aromatic N) is 2. The van der Waals surface area contributed by atoms with Gasteiger partial charge in [0.25, 0.3) is 0 Å². The maximum Gasteiger partial charge on any atom is 0.471 e. The number of likely N-dealkylation sites (tertiary alicyclic amines) is 2. The minimum absolute atomic E-state index is 0.0183. The molecule has 1 saturated carbocycles. The molecule has 7 rings (SSSR count). The fourth-order valence-corrected chi connectivity index (χ4v) is 9.61. The number of aliphatic hydroxyl groups excluding tert-OH is 1. The largest absolute Gasteiger partial charge is 0.471 e. The molecule has 6 unspecified atom stereocenters. The molecule has 11 heteroatoms. The van der Waals surface area contributed by atoms with Gasteiger partial charge in [0.2, 0.25) is 5.91 Å². The Labute approximate surface area is 309 Å². The van der Waals surface area contributed by atoms with Crippen LogP contribution < -0.4 is 5.32 Å². The van der Waals surface area contributed by atoms with Crippen LogP contribution in [-0.2, 0) is 32.2 Å². The lowest BCUT2D eigenvalue weighted by molar-refractivity contribution is -0.253. The van der Waals surface area contributed by atoms with Gasteiger partial charge in [0.05, 0.1) is 18.8 Å². The highest BCUT2D eigenvalue weighted by molar-refractivity contribution is 5.90. The lowest BCUT2D eigenvalue weighted by Crippen LogP contribution is -2.50. The van der Waals surface area contributed by atoms with Gasteiger partial charge in [0, 0.05) is 44.2 Å². The third kappa shape index (κ3) is 8.33. The van der Waals surface area contributed by atoms with E-state index in [-0.39, 0.29) is 38.3 Å². The van der Waals surface area contributed by atoms with Crippen LogP contribution in [0.15, 0.2) is 72.8 Å². The molecule has 2 N–H and O–H groups in total. The van der Waals surface area contributed by atoms with Gasteiger partial charge in [0.15, 0.2) is 6.29 Å². The van der Waals surface area contributed by atoms with Crippen LogP contribution in [-0.4, -0.2) is 70.7 Å². The first-order chi connectivity index (χ1) is 25.2. The second kappa shape index (κ2) is 14.8. The highest BCUT2D eigenvalue weighted by atomic mass is 19.4. The molecule has 0 aromatic heterocycles. The molecule has 0 radical (unpaired) electrons. The third-order valence-corrected chi connectivity index (χ3v) is 11.6. The van der Waals surface area contributed by atoms with Crippen LogP contribution in [0.25, 0.3) is 11.1 Å². The van der Waals surface area contributed by atoms with E-state index < -0.39 is 30.3 Å². The second-order valence-electron chi connectivity index (χ2n) is 16.6. The van der Waals surface area contributed by atoms with E-state index in [1.54, 1.807) is 0 Å². The summed E-state index contributed by atoms with van der Waals surface area (Å²) in [6.45, 7) is 9.10. The highest BCUT2D eigenvalue weighted by Gasteiger charge is 2.50. The number of fused-ring (bicyclic) bond motifs is 2. The normalized spacial score (nSPS) is 28.6. The highest BCUT2D eigenvalue weighted by Crippen LogP contribution is 2.53. The summed E-state index contributed by atoms with van der Waals surface area (Å²) >= 11 is 0. The number of carbonyl (C=O) groups is 2. The lowest BCUT2D eigenvalue weighted by Gasteiger charge is -2.41. The number of aliphatic hydroxyl groups is 1. The summed E-state index contributed by atoms with van der Waals surface area (Å²) < 4.78 is 52.8. The number of benzene rings is 3. The number of alkyl halides is 3. The molecule has 1 aliphatic carbocycles. The first kappa shape index (κ1) is 37.5. The van der Waals surface area contributed by atoms with Crippen molar-refractivity contribution in [2.75, 3.05) is 19.6 Å². The second-order valence-corrected chi connectivity index (χ2v) is 16.6. The van der Waals surface area contributed by atoms with E-state index in [0.29, 0.717) is 28.2 Å². The van der Waals surface area contributed by atoms with Gasteiger partial charge in [-0.2, -0.15) is 13.2 Å². The van der Waals surface area contributed by atoms with E-state index in [1.807, 2.05) is 72.8 Å². The summed E-state index contributed by atoms with van der Waals surface area (Å²) in [5.74, 6) is -2.57. The first-order valence-corrected chi connectivity index (χ1v) is 18.8. The van der Waals surface area contributed by atoms with Crippen LogP contribution in [0.2, 0.25) is 0 Å². The zero-order valence-corrected chi connectivity index (χ0v) is 30.7. The van der Waals surface area contributed by atoms with Gasteiger partial charge in [0.1, 0.15) is 6.04 Å². The molecular formula is C42H50F3N3O5. The third-order valence-electron chi connectivity index (χ3n) is 11.6. The zero-order valence-electron chi connectivity index (χ0n) is 30.7. The van der Waals surface area contributed by atoms with E-state index in [4.69, 9.17) is 9.47 Å². The van der Waals surface area contributed by atoms with Gasteiger partial charge in [-0.25, -0.2) is 0 Å². The molecule has 4 fully saturated rings. The number of nitrogens with one attached hydrogen (secondary N) is 1. The number of ether oxygens (including phenoxy) is 2. The molecule has 0 spiro atoms. The van der Waals surface area contributed by atoms with Crippen molar-refractivity contribution in [3.63, 3.8) is 0 Å².